The van der Waals surface area contributed by atoms with Crippen molar-refractivity contribution in [2.75, 3.05) is 6.61 Å². The van der Waals surface area contributed by atoms with E-state index in [4.69, 9.17) is 4.74 Å². The zero-order valence-corrected chi connectivity index (χ0v) is 14.8. The van der Waals surface area contributed by atoms with E-state index in [1.54, 1.807) is 10.9 Å². The molecule has 2 aliphatic rings. The van der Waals surface area contributed by atoms with Gasteiger partial charge in [0.2, 0.25) is 0 Å². The Morgan fingerprint density at radius 1 is 1.54 bits per heavy atom. The van der Waals surface area contributed by atoms with E-state index >= 15 is 0 Å². The van der Waals surface area contributed by atoms with Gasteiger partial charge in [0.05, 0.1) is 12.3 Å². The van der Waals surface area contributed by atoms with Gasteiger partial charge in [0.25, 0.3) is 5.91 Å². The van der Waals surface area contributed by atoms with E-state index in [-0.39, 0.29) is 17.4 Å². The van der Waals surface area contributed by atoms with Crippen LogP contribution < -0.4 is 5.32 Å². The summed E-state index contributed by atoms with van der Waals surface area (Å²) in [6, 6.07) is 0.221. The van der Waals surface area contributed by atoms with E-state index in [0.29, 0.717) is 11.8 Å². The highest BCUT2D eigenvalue weighted by Gasteiger charge is 2.59. The molecular formula is C17H22N4O2S. The van der Waals surface area contributed by atoms with Crippen molar-refractivity contribution in [1.82, 2.24) is 20.1 Å². The summed E-state index contributed by atoms with van der Waals surface area (Å²) >= 11 is 1.48. The van der Waals surface area contributed by atoms with Crippen molar-refractivity contribution in [3.05, 3.63) is 23.5 Å². The Balaban J connectivity index is 1.43. The molecule has 0 bridgehead atoms. The first-order chi connectivity index (χ1) is 11.6. The van der Waals surface area contributed by atoms with Crippen molar-refractivity contribution in [3.63, 3.8) is 0 Å². The second-order valence-corrected chi connectivity index (χ2v) is 7.59. The molecule has 2 aliphatic carbocycles. The molecule has 1 N–H and O–H groups in total. The van der Waals surface area contributed by atoms with Gasteiger partial charge in [-0.15, -0.1) is 11.3 Å². The minimum Gasteiger partial charge on any atom is -0.378 e. The quantitative estimate of drug-likeness (QED) is 0.903. The Morgan fingerprint density at radius 2 is 2.38 bits per heavy atom. The molecule has 2 heterocycles. The average Bonchev–Trinajstić information content (AvgIpc) is 3.12. The molecule has 2 aromatic heterocycles. The van der Waals surface area contributed by atoms with Crippen LogP contribution in [0.4, 0.5) is 0 Å². The van der Waals surface area contributed by atoms with Crippen LogP contribution in [0.2, 0.25) is 0 Å². The van der Waals surface area contributed by atoms with Crippen molar-refractivity contribution < 1.29 is 9.53 Å². The van der Waals surface area contributed by atoms with Gasteiger partial charge in [-0.1, -0.05) is 6.42 Å². The predicted octanol–water partition coefficient (Wildman–Crippen LogP) is 2.62. The molecule has 2 atom stereocenters. The van der Waals surface area contributed by atoms with Gasteiger partial charge in [-0.3, -0.25) is 9.48 Å². The molecule has 24 heavy (non-hydrogen) atoms. The highest BCUT2D eigenvalue weighted by atomic mass is 32.1. The van der Waals surface area contributed by atoms with E-state index in [1.165, 1.54) is 17.8 Å². The van der Waals surface area contributed by atoms with Gasteiger partial charge in [0.1, 0.15) is 10.7 Å². The summed E-state index contributed by atoms with van der Waals surface area (Å²) in [5.74, 6) is -0.0763. The molecule has 0 saturated heterocycles. The SMILES string of the molecule is CCOC1CC(NC(=O)c2csc(-c3cnn(C)c3)n2)C12CCC2. The van der Waals surface area contributed by atoms with Gasteiger partial charge >= 0.3 is 0 Å². The summed E-state index contributed by atoms with van der Waals surface area (Å²) in [5, 5.41) is 9.99. The number of ether oxygens (including phenoxy) is 1. The number of thiazole rings is 1. The van der Waals surface area contributed by atoms with E-state index in [1.807, 2.05) is 25.5 Å². The highest BCUT2D eigenvalue weighted by molar-refractivity contribution is 7.13. The van der Waals surface area contributed by atoms with Crippen LogP contribution in [0, 0.1) is 5.41 Å². The third kappa shape index (κ3) is 2.46. The molecule has 0 aliphatic heterocycles. The Morgan fingerprint density at radius 3 is 3.00 bits per heavy atom. The number of carbonyl (C=O) groups excluding carboxylic acids is 1. The first-order valence-electron chi connectivity index (χ1n) is 8.49. The number of hydrogen-bond acceptors (Lipinski definition) is 5. The Hall–Kier alpha value is -1.73. The number of hydrogen-bond donors (Lipinski definition) is 1. The largest absolute Gasteiger partial charge is 0.378 e. The van der Waals surface area contributed by atoms with Gasteiger partial charge in [-0.25, -0.2) is 4.98 Å². The van der Waals surface area contributed by atoms with Gasteiger partial charge in [-0.05, 0) is 26.2 Å². The number of carbonyl (C=O) groups is 1. The second-order valence-electron chi connectivity index (χ2n) is 6.73. The lowest BCUT2D eigenvalue weighted by Gasteiger charge is -2.60. The topological polar surface area (TPSA) is 69.0 Å². The molecule has 1 amide bonds. The second kappa shape index (κ2) is 5.97. The van der Waals surface area contributed by atoms with E-state index in [0.717, 1.165) is 36.4 Å². The molecule has 7 heteroatoms. The summed E-state index contributed by atoms with van der Waals surface area (Å²) in [6.45, 7) is 2.78. The number of aromatic nitrogens is 3. The molecule has 2 fully saturated rings. The molecule has 128 valence electrons. The van der Waals surface area contributed by atoms with Crippen LogP contribution in [0.5, 0.6) is 0 Å². The van der Waals surface area contributed by atoms with Crippen molar-refractivity contribution in [1.29, 1.82) is 0 Å². The predicted molar refractivity (Wildman–Crippen MR) is 91.9 cm³/mol. The molecule has 2 saturated carbocycles. The molecule has 6 nitrogen and oxygen atoms in total. The van der Waals surface area contributed by atoms with Gasteiger partial charge < -0.3 is 10.1 Å². The van der Waals surface area contributed by atoms with Crippen LogP contribution >= 0.6 is 11.3 Å². The third-order valence-electron chi connectivity index (χ3n) is 5.43. The smallest absolute Gasteiger partial charge is 0.271 e. The average molecular weight is 346 g/mol. The summed E-state index contributed by atoms with van der Waals surface area (Å²) in [6.07, 6.45) is 8.44. The number of nitrogens with zero attached hydrogens (tertiary/aromatic N) is 3. The molecule has 0 aromatic carbocycles. The molecule has 2 aromatic rings. The Labute approximate surface area is 145 Å². The van der Waals surface area contributed by atoms with Crippen molar-refractivity contribution >= 4 is 17.2 Å². The standard InChI is InChI=1S/C17H22N4O2S/c1-3-23-14-7-13(17(14)5-4-6-17)20-15(22)12-10-24-16(19-12)11-8-18-21(2)9-11/h8-10,13-14H,3-7H2,1-2H3,(H,20,22). The zero-order chi connectivity index (χ0) is 16.7. The lowest BCUT2D eigenvalue weighted by Crippen LogP contribution is -2.67. The number of nitrogens with one attached hydrogen (secondary N) is 1. The molecule has 2 unspecified atom stereocenters. The molecule has 0 radical (unpaired) electrons. The van der Waals surface area contributed by atoms with Crippen LogP contribution in [0.15, 0.2) is 17.8 Å². The fourth-order valence-electron chi connectivity index (χ4n) is 3.92. The minimum absolute atomic E-state index is 0.0763. The third-order valence-corrected chi connectivity index (χ3v) is 6.32. The number of aryl methyl sites for hydroxylation is 1. The van der Waals surface area contributed by atoms with E-state index in [9.17, 15) is 4.79 Å². The van der Waals surface area contributed by atoms with Gasteiger partial charge in [0.15, 0.2) is 0 Å². The summed E-state index contributed by atoms with van der Waals surface area (Å²) < 4.78 is 7.58. The highest BCUT2D eigenvalue weighted by Crippen LogP contribution is 2.57. The van der Waals surface area contributed by atoms with Gasteiger partial charge in [-0.2, -0.15) is 5.10 Å². The maximum absolute atomic E-state index is 12.6. The summed E-state index contributed by atoms with van der Waals surface area (Å²) in [5.41, 5.74) is 1.61. The minimum atomic E-state index is -0.0763. The summed E-state index contributed by atoms with van der Waals surface area (Å²) in [4.78, 5) is 17.0. The van der Waals surface area contributed by atoms with Crippen LogP contribution in [0.25, 0.3) is 10.6 Å². The maximum atomic E-state index is 12.6. The lowest BCUT2D eigenvalue weighted by molar-refractivity contribution is -0.169. The van der Waals surface area contributed by atoms with Crippen molar-refractivity contribution in [3.8, 4) is 10.6 Å². The van der Waals surface area contributed by atoms with Crippen LogP contribution in [0.3, 0.4) is 0 Å². The molecular weight excluding hydrogens is 324 g/mol. The van der Waals surface area contributed by atoms with Crippen molar-refractivity contribution in [2.24, 2.45) is 12.5 Å². The fraction of sp³-hybridized carbons (Fsp3) is 0.588. The fourth-order valence-corrected chi connectivity index (χ4v) is 4.69. The van der Waals surface area contributed by atoms with E-state index in [2.05, 4.69) is 15.4 Å². The first kappa shape index (κ1) is 15.8. The van der Waals surface area contributed by atoms with Crippen LogP contribution in [-0.4, -0.2) is 39.4 Å². The Bertz CT molecular complexity index is 749. The number of amides is 1. The van der Waals surface area contributed by atoms with Crippen LogP contribution in [-0.2, 0) is 11.8 Å². The molecule has 1 spiro atoms. The lowest BCUT2D eigenvalue weighted by atomic mass is 9.51. The Kier molecular flexibility index (Phi) is 3.92. The van der Waals surface area contributed by atoms with E-state index < -0.39 is 0 Å². The first-order valence-corrected chi connectivity index (χ1v) is 9.37. The normalized spacial score (nSPS) is 24.4. The maximum Gasteiger partial charge on any atom is 0.271 e. The van der Waals surface area contributed by atoms with Gasteiger partial charge in [0, 0.05) is 42.3 Å². The zero-order valence-electron chi connectivity index (χ0n) is 14.0. The monoisotopic (exact) mass is 346 g/mol. The number of rotatable bonds is 5. The van der Waals surface area contributed by atoms with Crippen molar-refractivity contribution in [2.45, 2.75) is 44.8 Å². The van der Waals surface area contributed by atoms with Crippen LogP contribution in [0.1, 0.15) is 43.1 Å². The summed E-state index contributed by atoms with van der Waals surface area (Å²) in [7, 11) is 1.87. The molecule has 4 rings (SSSR count).